The third kappa shape index (κ3) is 4.97. The van der Waals surface area contributed by atoms with E-state index in [1.807, 2.05) is 20.8 Å². The number of rotatable bonds is 6. The van der Waals surface area contributed by atoms with E-state index in [-0.39, 0.29) is 28.8 Å². The third-order valence-corrected chi connectivity index (χ3v) is 16.2. The second kappa shape index (κ2) is 12.2. The second-order valence-electron chi connectivity index (χ2n) is 18.8. The molecule has 0 radical (unpaired) electrons. The number of fused-ring (bicyclic) bond motifs is 7. The van der Waals surface area contributed by atoms with Crippen LogP contribution in [-0.4, -0.2) is 58.3 Å². The molecule has 3 N–H and O–H groups in total. The van der Waals surface area contributed by atoms with Crippen molar-refractivity contribution in [3.63, 3.8) is 0 Å². The van der Waals surface area contributed by atoms with E-state index < -0.39 is 58.5 Å². The summed E-state index contributed by atoms with van der Waals surface area (Å²) in [7, 11) is 0. The van der Waals surface area contributed by atoms with Crippen LogP contribution in [0.4, 0.5) is 0 Å². The Morgan fingerprint density at radius 1 is 0.979 bits per heavy atom. The van der Waals surface area contributed by atoms with Gasteiger partial charge in [-0.25, -0.2) is 4.79 Å². The van der Waals surface area contributed by atoms with Crippen molar-refractivity contribution in [2.45, 2.75) is 152 Å². The van der Waals surface area contributed by atoms with Crippen LogP contribution in [0, 0.1) is 62.1 Å². The zero-order valence-corrected chi connectivity index (χ0v) is 32.0. The molecule has 48 heavy (non-hydrogen) atoms. The number of aliphatic hydroxyl groups excluding tert-OH is 3. The first-order chi connectivity index (χ1) is 22.1. The Morgan fingerprint density at radius 3 is 2.23 bits per heavy atom. The minimum Gasteiger partial charge on any atom is -0.465 e. The number of aliphatic hydroxyl groups is 3. The van der Waals surface area contributed by atoms with Gasteiger partial charge in [0.2, 0.25) is 0 Å². The van der Waals surface area contributed by atoms with Crippen LogP contribution in [0.15, 0.2) is 23.3 Å². The number of carbonyl (C=O) groups excluding carboxylic acids is 2. The molecule has 5 aliphatic carbocycles. The third-order valence-electron chi connectivity index (χ3n) is 16.2. The number of ether oxygens (including phenoxy) is 2. The highest BCUT2D eigenvalue weighted by Gasteiger charge is 2.75. The van der Waals surface area contributed by atoms with E-state index in [1.165, 1.54) is 6.42 Å². The standard InChI is InChI=1S/C41H66O7/c1-13-23(3)34(45)47-22-41-27(21-36(6,7)33(32(41)44)48-35(46)24(4)14-2)26-15-16-29-38(10)19-17-25(5)37(8,9)28(38)18-20-39(29,11)40(26,12)30(42)31(41)43/h14-15,23,25,27-33,42-44H,13,16-22H2,1-12H3/b24-14-/t23?,25-,27?,28?,29?,30-,31+,32-,33-,38-,39+,40-,41-/m0/s1. The summed E-state index contributed by atoms with van der Waals surface area (Å²) in [6, 6.07) is 0. The van der Waals surface area contributed by atoms with Gasteiger partial charge in [-0.1, -0.05) is 87.0 Å². The van der Waals surface area contributed by atoms with Crippen LogP contribution in [0.3, 0.4) is 0 Å². The molecule has 5 rings (SSSR count). The van der Waals surface area contributed by atoms with Gasteiger partial charge in [0.25, 0.3) is 0 Å². The SMILES string of the molecule is C/C=C(/C)C(=O)O[C@H]1[C@H](O)[C@@]2(COC(=O)C(C)CC)C(CC1(C)C)C1=CCC3[C@@]4(C)CC[C@H](C)C(C)(C)C4CC[C@@]3(C)[C@]1(C)[C@@H](O)[C@H]2O. The first-order valence-electron chi connectivity index (χ1n) is 18.9. The Labute approximate surface area is 290 Å². The summed E-state index contributed by atoms with van der Waals surface area (Å²) in [6.07, 6.45) is 5.32. The number of carbonyl (C=O) groups is 2. The number of hydrogen-bond acceptors (Lipinski definition) is 7. The molecule has 0 amide bonds. The van der Waals surface area contributed by atoms with E-state index in [0.29, 0.717) is 36.2 Å². The van der Waals surface area contributed by atoms with Gasteiger partial charge in [0.15, 0.2) is 0 Å². The summed E-state index contributed by atoms with van der Waals surface area (Å²) in [4.78, 5) is 26.3. The molecule has 0 heterocycles. The van der Waals surface area contributed by atoms with Gasteiger partial charge >= 0.3 is 11.9 Å². The van der Waals surface area contributed by atoms with E-state index in [4.69, 9.17) is 9.47 Å². The number of allylic oxidation sites excluding steroid dienone is 2. The fourth-order valence-electron chi connectivity index (χ4n) is 12.1. The molecular formula is C41H66O7. The highest BCUT2D eigenvalue weighted by Crippen LogP contribution is 2.76. The molecule has 7 heteroatoms. The Bertz CT molecular complexity index is 1350. The van der Waals surface area contributed by atoms with Crippen LogP contribution in [0.5, 0.6) is 0 Å². The van der Waals surface area contributed by atoms with Crippen LogP contribution in [-0.2, 0) is 19.1 Å². The average Bonchev–Trinajstić information content (AvgIpc) is 3.03. The molecule has 5 aliphatic rings. The molecule has 4 fully saturated rings. The molecule has 0 bridgehead atoms. The van der Waals surface area contributed by atoms with Crippen LogP contribution >= 0.6 is 0 Å². The molecule has 0 aromatic heterocycles. The molecule has 4 saturated carbocycles. The topological polar surface area (TPSA) is 113 Å². The van der Waals surface area contributed by atoms with Gasteiger partial charge in [-0.2, -0.15) is 0 Å². The molecule has 0 aromatic carbocycles. The van der Waals surface area contributed by atoms with E-state index in [2.05, 4.69) is 47.6 Å². The summed E-state index contributed by atoms with van der Waals surface area (Å²) < 4.78 is 12.1. The van der Waals surface area contributed by atoms with Gasteiger partial charge in [0.05, 0.1) is 23.5 Å². The quantitative estimate of drug-likeness (QED) is 0.153. The van der Waals surface area contributed by atoms with Crippen molar-refractivity contribution in [1.29, 1.82) is 0 Å². The highest BCUT2D eigenvalue weighted by atomic mass is 16.6. The van der Waals surface area contributed by atoms with Crippen LogP contribution < -0.4 is 0 Å². The Morgan fingerprint density at radius 2 is 1.62 bits per heavy atom. The largest absolute Gasteiger partial charge is 0.465 e. The van der Waals surface area contributed by atoms with E-state index in [9.17, 15) is 24.9 Å². The first kappa shape index (κ1) is 37.6. The van der Waals surface area contributed by atoms with Gasteiger partial charge in [-0.05, 0) is 98.7 Å². The lowest BCUT2D eigenvalue weighted by molar-refractivity contribution is -0.290. The maximum absolute atomic E-state index is 13.2. The normalized spacial score (nSPS) is 46.9. The van der Waals surface area contributed by atoms with Crippen LogP contribution in [0.1, 0.15) is 128 Å². The number of esters is 2. The maximum Gasteiger partial charge on any atom is 0.333 e. The smallest absolute Gasteiger partial charge is 0.333 e. The van der Waals surface area contributed by atoms with Crippen LogP contribution in [0.25, 0.3) is 0 Å². The highest BCUT2D eigenvalue weighted by molar-refractivity contribution is 5.87. The molecule has 0 spiro atoms. The molecule has 0 saturated heterocycles. The van der Waals surface area contributed by atoms with Gasteiger partial charge in [-0.15, -0.1) is 0 Å². The average molecular weight is 671 g/mol. The van der Waals surface area contributed by atoms with Crippen molar-refractivity contribution in [2.75, 3.05) is 6.61 Å². The lowest BCUT2D eigenvalue weighted by Gasteiger charge is -2.73. The van der Waals surface area contributed by atoms with Gasteiger partial charge in [0, 0.05) is 16.4 Å². The van der Waals surface area contributed by atoms with Crippen molar-refractivity contribution in [3.05, 3.63) is 23.3 Å². The van der Waals surface area contributed by atoms with Crippen molar-refractivity contribution in [1.82, 2.24) is 0 Å². The van der Waals surface area contributed by atoms with E-state index in [0.717, 1.165) is 31.3 Å². The Kier molecular flexibility index (Phi) is 9.56. The first-order valence-corrected chi connectivity index (χ1v) is 18.9. The molecule has 4 unspecified atom stereocenters. The summed E-state index contributed by atoms with van der Waals surface area (Å²) in [5, 5.41) is 37.8. The monoisotopic (exact) mass is 670 g/mol. The zero-order chi connectivity index (χ0) is 36.0. The predicted octanol–water partition coefficient (Wildman–Crippen LogP) is 7.41. The Hall–Kier alpha value is -1.70. The van der Waals surface area contributed by atoms with Crippen molar-refractivity contribution >= 4 is 11.9 Å². The molecular weight excluding hydrogens is 604 g/mol. The maximum atomic E-state index is 13.2. The molecule has 13 atom stereocenters. The molecule has 0 aliphatic heterocycles. The van der Waals surface area contributed by atoms with E-state index in [1.54, 1.807) is 26.8 Å². The molecule has 272 valence electrons. The Balaban J connectivity index is 1.65. The predicted molar refractivity (Wildman–Crippen MR) is 187 cm³/mol. The second-order valence-corrected chi connectivity index (χ2v) is 18.8. The summed E-state index contributed by atoms with van der Waals surface area (Å²) >= 11 is 0. The fraction of sp³-hybridized carbons (Fsp3) is 0.854. The van der Waals surface area contributed by atoms with Crippen molar-refractivity contribution < 1.29 is 34.4 Å². The lowest BCUT2D eigenvalue weighted by Crippen LogP contribution is -2.76. The van der Waals surface area contributed by atoms with Gasteiger partial charge in [0.1, 0.15) is 18.8 Å². The number of hydrogen-bond donors (Lipinski definition) is 3. The minimum atomic E-state index is -1.47. The molecule has 7 nitrogen and oxygen atoms in total. The summed E-state index contributed by atoms with van der Waals surface area (Å²) in [5.41, 5.74) is -1.43. The minimum absolute atomic E-state index is 0.0916. The summed E-state index contributed by atoms with van der Waals surface area (Å²) in [5.74, 6) is -0.151. The van der Waals surface area contributed by atoms with Gasteiger partial charge < -0.3 is 24.8 Å². The van der Waals surface area contributed by atoms with E-state index >= 15 is 0 Å². The fourth-order valence-corrected chi connectivity index (χ4v) is 12.1. The zero-order valence-electron chi connectivity index (χ0n) is 32.0. The van der Waals surface area contributed by atoms with Gasteiger partial charge in [-0.3, -0.25) is 4.79 Å². The van der Waals surface area contributed by atoms with Crippen molar-refractivity contribution in [2.24, 2.45) is 62.1 Å². The molecule has 0 aromatic rings. The lowest BCUT2D eigenvalue weighted by atomic mass is 9.32. The van der Waals surface area contributed by atoms with Crippen LogP contribution in [0.2, 0.25) is 0 Å². The van der Waals surface area contributed by atoms with Crippen molar-refractivity contribution in [3.8, 4) is 0 Å². The summed E-state index contributed by atoms with van der Waals surface area (Å²) in [6.45, 7) is 25.2.